The number of benzene rings is 1. The molecule has 0 unspecified atom stereocenters. The summed E-state index contributed by atoms with van der Waals surface area (Å²) in [5, 5.41) is 6.49. The molecule has 0 saturated carbocycles. The highest BCUT2D eigenvalue weighted by atomic mass is 16.5. The first-order chi connectivity index (χ1) is 15.0. The van der Waals surface area contributed by atoms with Crippen LogP contribution < -0.4 is 5.32 Å². The number of anilines is 1. The van der Waals surface area contributed by atoms with E-state index < -0.39 is 0 Å². The zero-order chi connectivity index (χ0) is 21.8. The maximum Gasteiger partial charge on any atom is 0.255 e. The smallest absolute Gasteiger partial charge is 0.255 e. The molecule has 0 aliphatic carbocycles. The van der Waals surface area contributed by atoms with E-state index >= 15 is 0 Å². The quantitative estimate of drug-likeness (QED) is 0.684. The van der Waals surface area contributed by atoms with Crippen LogP contribution in [0.3, 0.4) is 0 Å². The van der Waals surface area contributed by atoms with Gasteiger partial charge in [0.1, 0.15) is 5.76 Å². The SMILES string of the molecule is Cc1cc(NC(=O)CN2CCN(C(=O)c3ccc(-c4ccccc4)nc3C)CC2)no1. The number of aromatic nitrogens is 2. The summed E-state index contributed by atoms with van der Waals surface area (Å²) in [5.74, 6) is 0.888. The van der Waals surface area contributed by atoms with Gasteiger partial charge in [-0.1, -0.05) is 35.5 Å². The van der Waals surface area contributed by atoms with Crippen LogP contribution in [0.5, 0.6) is 0 Å². The maximum absolute atomic E-state index is 13.0. The fraction of sp³-hybridized carbons (Fsp3) is 0.304. The Kier molecular flexibility index (Phi) is 6.08. The van der Waals surface area contributed by atoms with Crippen molar-refractivity contribution in [2.45, 2.75) is 13.8 Å². The van der Waals surface area contributed by atoms with Gasteiger partial charge in [-0.2, -0.15) is 0 Å². The molecule has 1 aliphatic heterocycles. The fourth-order valence-electron chi connectivity index (χ4n) is 3.65. The van der Waals surface area contributed by atoms with Crippen molar-refractivity contribution in [3.63, 3.8) is 0 Å². The van der Waals surface area contributed by atoms with Gasteiger partial charge in [0, 0.05) is 37.8 Å². The third-order valence-electron chi connectivity index (χ3n) is 5.31. The summed E-state index contributed by atoms with van der Waals surface area (Å²) in [4.78, 5) is 33.7. The van der Waals surface area contributed by atoms with Crippen molar-refractivity contribution in [1.82, 2.24) is 19.9 Å². The predicted octanol–water partition coefficient (Wildman–Crippen LogP) is 2.75. The Hall–Kier alpha value is -3.52. The second kappa shape index (κ2) is 9.09. The molecule has 1 aliphatic rings. The summed E-state index contributed by atoms with van der Waals surface area (Å²) in [6, 6.07) is 15.3. The summed E-state index contributed by atoms with van der Waals surface area (Å²) < 4.78 is 4.95. The highest BCUT2D eigenvalue weighted by Crippen LogP contribution is 2.20. The second-order valence-electron chi connectivity index (χ2n) is 7.63. The highest BCUT2D eigenvalue weighted by Gasteiger charge is 2.25. The molecule has 3 aromatic rings. The number of hydrogen-bond donors (Lipinski definition) is 1. The predicted molar refractivity (Wildman–Crippen MR) is 117 cm³/mol. The summed E-state index contributed by atoms with van der Waals surface area (Å²) in [6.45, 7) is 6.28. The summed E-state index contributed by atoms with van der Waals surface area (Å²) in [5.41, 5.74) is 3.22. The third kappa shape index (κ3) is 4.97. The Morgan fingerprint density at radius 3 is 2.42 bits per heavy atom. The van der Waals surface area contributed by atoms with Gasteiger partial charge in [0.15, 0.2) is 5.82 Å². The van der Waals surface area contributed by atoms with E-state index in [9.17, 15) is 9.59 Å². The molecule has 1 N–H and O–H groups in total. The fourth-order valence-corrected chi connectivity index (χ4v) is 3.65. The lowest BCUT2D eigenvalue weighted by Gasteiger charge is -2.34. The van der Waals surface area contributed by atoms with Gasteiger partial charge >= 0.3 is 0 Å². The van der Waals surface area contributed by atoms with E-state index in [1.54, 1.807) is 13.0 Å². The van der Waals surface area contributed by atoms with E-state index in [1.807, 2.05) is 59.2 Å². The molecule has 160 valence electrons. The lowest BCUT2D eigenvalue weighted by Crippen LogP contribution is -2.50. The molecule has 3 heterocycles. The molecule has 2 aromatic heterocycles. The van der Waals surface area contributed by atoms with Crippen LogP contribution in [0.1, 0.15) is 21.8 Å². The molecule has 0 bridgehead atoms. The monoisotopic (exact) mass is 419 g/mol. The Morgan fingerprint density at radius 1 is 1.03 bits per heavy atom. The number of carbonyl (C=O) groups is 2. The molecule has 8 heteroatoms. The average Bonchev–Trinajstić information content (AvgIpc) is 3.18. The van der Waals surface area contributed by atoms with Crippen molar-refractivity contribution in [1.29, 1.82) is 0 Å². The van der Waals surface area contributed by atoms with Gasteiger partial charge in [-0.05, 0) is 26.0 Å². The second-order valence-corrected chi connectivity index (χ2v) is 7.63. The molecular formula is C23H25N5O3. The lowest BCUT2D eigenvalue weighted by atomic mass is 10.1. The van der Waals surface area contributed by atoms with Crippen LogP contribution in [0.4, 0.5) is 5.82 Å². The molecule has 1 fully saturated rings. The van der Waals surface area contributed by atoms with E-state index in [2.05, 4.69) is 15.5 Å². The van der Waals surface area contributed by atoms with Crippen LogP contribution in [0, 0.1) is 13.8 Å². The highest BCUT2D eigenvalue weighted by molar-refractivity contribution is 5.95. The topological polar surface area (TPSA) is 91.6 Å². The Labute approximate surface area is 180 Å². The minimum atomic E-state index is -0.148. The Balaban J connectivity index is 1.32. The standard InChI is InChI=1S/C23H25N5O3/c1-16-14-21(26-31-16)25-22(29)15-27-10-12-28(13-11-27)23(30)19-8-9-20(24-17(19)2)18-6-4-3-5-7-18/h3-9,14H,10-13,15H2,1-2H3,(H,25,26,29). The molecule has 4 rings (SSSR count). The lowest BCUT2D eigenvalue weighted by molar-refractivity contribution is -0.117. The summed E-state index contributed by atoms with van der Waals surface area (Å²) in [7, 11) is 0. The number of aryl methyl sites for hydroxylation is 2. The molecule has 2 amide bonds. The van der Waals surface area contributed by atoms with Crippen molar-refractivity contribution in [2.75, 3.05) is 38.0 Å². The molecule has 0 radical (unpaired) electrons. The number of hydrogen-bond acceptors (Lipinski definition) is 6. The minimum absolute atomic E-state index is 0.0215. The first kappa shape index (κ1) is 20.7. The van der Waals surface area contributed by atoms with Crippen LogP contribution >= 0.6 is 0 Å². The van der Waals surface area contributed by atoms with E-state index in [0.29, 0.717) is 43.3 Å². The Morgan fingerprint density at radius 2 is 1.77 bits per heavy atom. The summed E-state index contributed by atoms with van der Waals surface area (Å²) in [6.07, 6.45) is 0. The Bertz CT molecular complexity index is 1070. The van der Waals surface area contributed by atoms with Gasteiger partial charge in [-0.15, -0.1) is 0 Å². The van der Waals surface area contributed by atoms with E-state index in [-0.39, 0.29) is 18.4 Å². The van der Waals surface area contributed by atoms with Crippen LogP contribution in [0.15, 0.2) is 53.1 Å². The maximum atomic E-state index is 13.0. The number of nitrogens with zero attached hydrogens (tertiary/aromatic N) is 4. The van der Waals surface area contributed by atoms with Crippen LogP contribution in [-0.4, -0.2) is 64.5 Å². The van der Waals surface area contributed by atoms with E-state index in [0.717, 1.165) is 17.0 Å². The van der Waals surface area contributed by atoms with E-state index in [4.69, 9.17) is 4.52 Å². The average molecular weight is 419 g/mol. The normalized spacial score (nSPS) is 14.5. The summed E-state index contributed by atoms with van der Waals surface area (Å²) >= 11 is 0. The zero-order valence-electron chi connectivity index (χ0n) is 17.7. The molecule has 1 aromatic carbocycles. The number of nitrogens with one attached hydrogen (secondary N) is 1. The van der Waals surface area contributed by atoms with Gasteiger partial charge in [0.25, 0.3) is 5.91 Å². The number of amides is 2. The van der Waals surface area contributed by atoms with Gasteiger partial charge < -0.3 is 14.7 Å². The molecule has 0 atom stereocenters. The molecule has 8 nitrogen and oxygen atoms in total. The molecule has 1 saturated heterocycles. The van der Waals surface area contributed by atoms with Crippen LogP contribution in [0.2, 0.25) is 0 Å². The van der Waals surface area contributed by atoms with Crippen LogP contribution in [0.25, 0.3) is 11.3 Å². The number of piperazine rings is 1. The number of pyridine rings is 1. The van der Waals surface area contributed by atoms with Crippen molar-refractivity contribution < 1.29 is 14.1 Å². The third-order valence-corrected chi connectivity index (χ3v) is 5.31. The molecule has 0 spiro atoms. The number of rotatable bonds is 5. The van der Waals surface area contributed by atoms with Crippen molar-refractivity contribution >= 4 is 17.6 Å². The van der Waals surface area contributed by atoms with Crippen molar-refractivity contribution in [3.8, 4) is 11.3 Å². The number of carbonyl (C=O) groups excluding carboxylic acids is 2. The minimum Gasteiger partial charge on any atom is -0.360 e. The zero-order valence-corrected chi connectivity index (χ0v) is 17.7. The first-order valence-corrected chi connectivity index (χ1v) is 10.3. The largest absolute Gasteiger partial charge is 0.360 e. The van der Waals surface area contributed by atoms with Gasteiger partial charge in [-0.25, -0.2) is 0 Å². The first-order valence-electron chi connectivity index (χ1n) is 10.3. The van der Waals surface area contributed by atoms with Crippen molar-refractivity contribution in [2.24, 2.45) is 0 Å². The van der Waals surface area contributed by atoms with Crippen molar-refractivity contribution in [3.05, 3.63) is 65.5 Å². The van der Waals surface area contributed by atoms with Gasteiger partial charge in [-0.3, -0.25) is 19.5 Å². The van der Waals surface area contributed by atoms with E-state index in [1.165, 1.54) is 0 Å². The molecular weight excluding hydrogens is 394 g/mol. The van der Waals surface area contributed by atoms with Gasteiger partial charge in [0.05, 0.1) is 23.5 Å². The van der Waals surface area contributed by atoms with Crippen LogP contribution in [-0.2, 0) is 4.79 Å². The molecule has 31 heavy (non-hydrogen) atoms. The van der Waals surface area contributed by atoms with Gasteiger partial charge in [0.2, 0.25) is 5.91 Å².